The third-order valence-corrected chi connectivity index (χ3v) is 6.57. The van der Waals surface area contributed by atoms with Crippen LogP contribution in [0.5, 0.6) is 0 Å². The lowest BCUT2D eigenvalue weighted by Crippen LogP contribution is -2.44. The number of carbonyl (C=O) groups is 1. The second-order valence-corrected chi connectivity index (χ2v) is 8.07. The lowest BCUT2D eigenvalue weighted by atomic mass is 9.86. The third-order valence-electron chi connectivity index (χ3n) is 6.57. The van der Waals surface area contributed by atoms with Gasteiger partial charge in [0, 0.05) is 22.6 Å². The minimum atomic E-state index is -1.92. The van der Waals surface area contributed by atoms with Gasteiger partial charge in [-0.2, -0.15) is 0 Å². The van der Waals surface area contributed by atoms with Crippen LogP contribution < -0.4 is 5.56 Å². The Morgan fingerprint density at radius 1 is 1.23 bits per heavy atom. The molecule has 2 aliphatic rings. The lowest BCUT2D eigenvalue weighted by molar-refractivity contribution is -0.172. The number of ether oxygens (including phenoxy) is 1. The SMILES string of the molecule is CCc1c2c(nc3cc(F)c(F)c(C)c13)-c1cc3c(c(=O)n1C2)COC(=O)[C@]3(O)CC. The van der Waals surface area contributed by atoms with E-state index in [4.69, 9.17) is 4.74 Å². The third kappa shape index (κ3) is 2.42. The number of nitrogens with zero attached hydrogens (tertiary/aromatic N) is 2. The number of aliphatic hydroxyl groups is 1. The van der Waals surface area contributed by atoms with Crippen LogP contribution in [0.25, 0.3) is 22.3 Å². The van der Waals surface area contributed by atoms with E-state index in [1.807, 2.05) is 6.92 Å². The van der Waals surface area contributed by atoms with Crippen LogP contribution in [0.4, 0.5) is 8.78 Å². The molecule has 2 aliphatic heterocycles. The Kier molecular flexibility index (Phi) is 4.11. The van der Waals surface area contributed by atoms with Gasteiger partial charge in [-0.05, 0) is 37.0 Å². The van der Waals surface area contributed by atoms with Crippen LogP contribution in [0.2, 0.25) is 0 Å². The Hall–Kier alpha value is -3.13. The molecule has 4 heterocycles. The van der Waals surface area contributed by atoms with E-state index >= 15 is 0 Å². The Morgan fingerprint density at radius 2 is 1.97 bits per heavy atom. The van der Waals surface area contributed by atoms with Crippen molar-refractivity contribution in [2.45, 2.75) is 52.4 Å². The average molecular weight is 426 g/mol. The normalized spacial score (nSPS) is 19.2. The molecule has 0 spiro atoms. The molecule has 0 fully saturated rings. The number of hydrogen-bond acceptors (Lipinski definition) is 5. The Bertz CT molecular complexity index is 1380. The smallest absolute Gasteiger partial charge is 0.343 e. The van der Waals surface area contributed by atoms with E-state index in [0.29, 0.717) is 28.7 Å². The van der Waals surface area contributed by atoms with Crippen LogP contribution in [-0.4, -0.2) is 20.6 Å². The van der Waals surface area contributed by atoms with Crippen molar-refractivity contribution >= 4 is 16.9 Å². The summed E-state index contributed by atoms with van der Waals surface area (Å²) in [5.41, 5.74) is 1.14. The number of halogens is 2. The van der Waals surface area contributed by atoms with Gasteiger partial charge < -0.3 is 14.4 Å². The van der Waals surface area contributed by atoms with Crippen molar-refractivity contribution in [2.75, 3.05) is 0 Å². The van der Waals surface area contributed by atoms with Gasteiger partial charge in [0.1, 0.15) is 6.61 Å². The molecule has 0 saturated heterocycles. The summed E-state index contributed by atoms with van der Waals surface area (Å²) >= 11 is 0. The van der Waals surface area contributed by atoms with Gasteiger partial charge in [-0.25, -0.2) is 18.6 Å². The molecule has 0 aliphatic carbocycles. The van der Waals surface area contributed by atoms with E-state index in [9.17, 15) is 23.5 Å². The number of fused-ring (bicyclic) bond motifs is 5. The number of aromatic nitrogens is 2. The van der Waals surface area contributed by atoms with E-state index in [1.54, 1.807) is 13.0 Å². The number of aryl methyl sites for hydroxylation is 2. The van der Waals surface area contributed by atoms with Crippen LogP contribution in [0.1, 0.15) is 48.1 Å². The number of rotatable bonds is 2. The summed E-state index contributed by atoms with van der Waals surface area (Å²) in [6.45, 7) is 5.08. The maximum absolute atomic E-state index is 14.3. The maximum Gasteiger partial charge on any atom is 0.343 e. The van der Waals surface area contributed by atoms with E-state index < -0.39 is 23.2 Å². The second-order valence-electron chi connectivity index (χ2n) is 8.07. The number of esters is 1. The van der Waals surface area contributed by atoms with Crippen LogP contribution in [0, 0.1) is 18.6 Å². The molecule has 6 nitrogen and oxygen atoms in total. The van der Waals surface area contributed by atoms with Crippen molar-refractivity contribution in [3.8, 4) is 11.4 Å². The zero-order valence-corrected chi connectivity index (χ0v) is 17.3. The first-order valence-electron chi connectivity index (χ1n) is 10.2. The highest BCUT2D eigenvalue weighted by Gasteiger charge is 2.45. The van der Waals surface area contributed by atoms with Gasteiger partial charge in [-0.3, -0.25) is 4.79 Å². The van der Waals surface area contributed by atoms with Crippen molar-refractivity contribution < 1.29 is 23.4 Å². The Balaban J connectivity index is 1.86. The van der Waals surface area contributed by atoms with Gasteiger partial charge in [-0.1, -0.05) is 13.8 Å². The Labute approximate surface area is 176 Å². The zero-order chi connectivity index (χ0) is 22.2. The number of hydrogen-bond donors (Lipinski definition) is 1. The summed E-state index contributed by atoms with van der Waals surface area (Å²) in [6.07, 6.45) is 0.583. The van der Waals surface area contributed by atoms with Crippen molar-refractivity contribution in [1.82, 2.24) is 9.55 Å². The summed E-state index contributed by atoms with van der Waals surface area (Å²) in [4.78, 5) is 30.1. The number of benzene rings is 1. The van der Waals surface area contributed by atoms with Crippen LogP contribution in [-0.2, 0) is 34.7 Å². The summed E-state index contributed by atoms with van der Waals surface area (Å²) in [7, 11) is 0. The maximum atomic E-state index is 14.3. The molecule has 3 aromatic rings. The molecular formula is C23H20F2N2O4. The average Bonchev–Trinajstić information content (AvgIpc) is 3.12. The molecule has 5 rings (SSSR count). The molecular weight excluding hydrogens is 406 g/mol. The van der Waals surface area contributed by atoms with Crippen LogP contribution >= 0.6 is 0 Å². The van der Waals surface area contributed by atoms with Gasteiger partial charge in [0.25, 0.3) is 5.56 Å². The van der Waals surface area contributed by atoms with E-state index in [2.05, 4.69) is 4.98 Å². The van der Waals surface area contributed by atoms with Gasteiger partial charge in [0.2, 0.25) is 0 Å². The molecule has 0 amide bonds. The summed E-state index contributed by atoms with van der Waals surface area (Å²) < 4.78 is 35.0. The minimum Gasteiger partial charge on any atom is -0.458 e. The van der Waals surface area contributed by atoms with Gasteiger partial charge in [0.15, 0.2) is 17.2 Å². The fraction of sp³-hybridized carbons (Fsp3) is 0.348. The molecule has 0 unspecified atom stereocenters. The highest BCUT2D eigenvalue weighted by atomic mass is 19.2. The molecule has 0 bridgehead atoms. The molecule has 8 heteroatoms. The van der Waals surface area contributed by atoms with Gasteiger partial charge >= 0.3 is 5.97 Å². The lowest BCUT2D eigenvalue weighted by Gasteiger charge is -2.31. The van der Waals surface area contributed by atoms with Gasteiger partial charge in [0.05, 0.1) is 29.0 Å². The molecule has 1 aromatic carbocycles. The monoisotopic (exact) mass is 426 g/mol. The number of carbonyl (C=O) groups excluding carboxylic acids is 1. The van der Waals surface area contributed by atoms with Crippen molar-refractivity contribution in [2.24, 2.45) is 0 Å². The standard InChI is InChI=1S/C23H20F2N2O4/c1-4-11-12-8-27-17(20(12)26-16-7-15(24)19(25)10(3)18(11)16)6-14-13(21(27)28)9-31-22(29)23(14,30)5-2/h6-7,30H,4-5,8-9H2,1-3H3/t23-/m0/s1. The largest absolute Gasteiger partial charge is 0.458 e. The minimum absolute atomic E-state index is 0.0453. The fourth-order valence-electron chi connectivity index (χ4n) is 4.87. The van der Waals surface area contributed by atoms with Gasteiger partial charge in [-0.15, -0.1) is 0 Å². The topological polar surface area (TPSA) is 81.4 Å². The highest BCUT2D eigenvalue weighted by Crippen LogP contribution is 2.41. The quantitative estimate of drug-likeness (QED) is 0.498. The molecule has 0 saturated carbocycles. The molecule has 0 radical (unpaired) electrons. The summed E-state index contributed by atoms with van der Waals surface area (Å²) in [5, 5.41) is 11.5. The first kappa shape index (κ1) is 19.8. The zero-order valence-electron chi connectivity index (χ0n) is 17.3. The van der Waals surface area contributed by atoms with Crippen molar-refractivity contribution in [1.29, 1.82) is 0 Å². The first-order valence-corrected chi connectivity index (χ1v) is 10.2. The molecule has 2 aromatic heterocycles. The molecule has 160 valence electrons. The fourth-order valence-corrected chi connectivity index (χ4v) is 4.87. The summed E-state index contributed by atoms with van der Waals surface area (Å²) in [6, 6.07) is 2.67. The number of pyridine rings is 2. The predicted octanol–water partition coefficient (Wildman–Crippen LogP) is 3.23. The molecule has 1 N–H and O–H groups in total. The van der Waals surface area contributed by atoms with E-state index in [1.165, 1.54) is 11.5 Å². The van der Waals surface area contributed by atoms with Crippen LogP contribution in [0.15, 0.2) is 16.9 Å². The van der Waals surface area contributed by atoms with E-state index in [0.717, 1.165) is 17.2 Å². The van der Waals surface area contributed by atoms with Crippen LogP contribution in [0.3, 0.4) is 0 Å². The first-order chi connectivity index (χ1) is 14.7. The number of cyclic esters (lactones) is 1. The van der Waals surface area contributed by atoms with Crippen molar-refractivity contribution in [3.05, 3.63) is 61.9 Å². The Morgan fingerprint density at radius 3 is 2.65 bits per heavy atom. The predicted molar refractivity (Wildman–Crippen MR) is 109 cm³/mol. The highest BCUT2D eigenvalue weighted by molar-refractivity contribution is 5.91. The molecule has 1 atom stereocenters. The summed E-state index contributed by atoms with van der Waals surface area (Å²) in [5.74, 6) is -2.68. The van der Waals surface area contributed by atoms with Crippen molar-refractivity contribution in [3.63, 3.8) is 0 Å². The van der Waals surface area contributed by atoms with E-state index in [-0.39, 0.29) is 41.8 Å². The molecule has 31 heavy (non-hydrogen) atoms. The second kappa shape index (κ2) is 6.43.